The molecule has 0 fully saturated rings. The Morgan fingerprint density at radius 1 is 1.26 bits per heavy atom. The van der Waals surface area contributed by atoms with Gasteiger partial charge in [-0.25, -0.2) is 13.8 Å². The molecule has 0 aliphatic carbocycles. The molecule has 2 aromatic rings. The molecule has 0 N–H and O–H groups in total. The summed E-state index contributed by atoms with van der Waals surface area (Å²) in [6.07, 6.45) is 0.535. The minimum Gasteiger partial charge on any atom is -0.327 e. The molecule has 0 aliphatic heterocycles. The third-order valence-electron chi connectivity index (χ3n) is 2.80. The van der Waals surface area contributed by atoms with Gasteiger partial charge in [-0.05, 0) is 11.5 Å². The van der Waals surface area contributed by atoms with Gasteiger partial charge in [0.05, 0.1) is 5.52 Å². The van der Waals surface area contributed by atoms with Crippen LogP contribution in [0.1, 0.15) is 26.6 Å². The van der Waals surface area contributed by atoms with Gasteiger partial charge in [-0.2, -0.15) is 0 Å². The van der Waals surface area contributed by atoms with Crippen molar-refractivity contribution in [3.63, 3.8) is 0 Å². The maximum Gasteiger partial charge on any atom is 0.153 e. The van der Waals surface area contributed by atoms with Crippen LogP contribution in [0.5, 0.6) is 0 Å². The first-order valence-electron chi connectivity index (χ1n) is 6.22. The van der Waals surface area contributed by atoms with Crippen LogP contribution in [0.25, 0.3) is 11.0 Å². The minimum absolute atomic E-state index is 0.0164. The Balaban J connectivity index is 2.65. The van der Waals surface area contributed by atoms with Crippen LogP contribution in [0, 0.1) is 17.0 Å². The summed E-state index contributed by atoms with van der Waals surface area (Å²) in [6.45, 7) is 6.84. The lowest BCUT2D eigenvalue weighted by Crippen LogP contribution is -2.17. The van der Waals surface area contributed by atoms with Crippen LogP contribution in [0.2, 0.25) is 0 Å². The largest absolute Gasteiger partial charge is 0.327 e. The van der Waals surface area contributed by atoms with E-state index in [0.29, 0.717) is 30.2 Å². The number of aryl methyl sites for hydroxylation is 1. The van der Waals surface area contributed by atoms with E-state index in [-0.39, 0.29) is 10.9 Å². The number of nitrogens with zero attached hydrogens (tertiary/aromatic N) is 2. The number of hydrogen-bond acceptors (Lipinski definition) is 1. The molecule has 19 heavy (non-hydrogen) atoms. The number of rotatable bonds is 3. The molecule has 0 atom stereocenters. The van der Waals surface area contributed by atoms with Gasteiger partial charge in [-0.15, -0.1) is 11.6 Å². The van der Waals surface area contributed by atoms with Crippen LogP contribution in [0.3, 0.4) is 0 Å². The van der Waals surface area contributed by atoms with Crippen molar-refractivity contribution in [3.8, 4) is 0 Å². The van der Waals surface area contributed by atoms with Crippen molar-refractivity contribution in [1.29, 1.82) is 0 Å². The van der Waals surface area contributed by atoms with E-state index < -0.39 is 11.6 Å². The van der Waals surface area contributed by atoms with Gasteiger partial charge < -0.3 is 4.57 Å². The van der Waals surface area contributed by atoms with Gasteiger partial charge in [0.25, 0.3) is 0 Å². The van der Waals surface area contributed by atoms with Gasteiger partial charge in [0.15, 0.2) is 5.82 Å². The Morgan fingerprint density at radius 2 is 1.95 bits per heavy atom. The average molecular weight is 287 g/mol. The fourth-order valence-corrected chi connectivity index (χ4v) is 2.29. The van der Waals surface area contributed by atoms with E-state index >= 15 is 0 Å². The number of benzene rings is 1. The number of hydrogen-bond donors (Lipinski definition) is 0. The van der Waals surface area contributed by atoms with Gasteiger partial charge in [-0.3, -0.25) is 0 Å². The third kappa shape index (κ3) is 3.06. The Kier molecular flexibility index (Phi) is 3.81. The van der Waals surface area contributed by atoms with Crippen LogP contribution in [-0.2, 0) is 13.0 Å². The standard InChI is InChI=1S/C14H17ClF2N2/c1-14(2,3)8-19-11-7-9(16)6-10(17)13(11)18-12(19)4-5-15/h6-7H,4-5,8H2,1-3H3. The van der Waals surface area contributed by atoms with Crippen molar-refractivity contribution in [2.24, 2.45) is 5.41 Å². The van der Waals surface area contributed by atoms with E-state index in [4.69, 9.17) is 11.6 Å². The van der Waals surface area contributed by atoms with E-state index in [1.54, 1.807) is 0 Å². The monoisotopic (exact) mass is 286 g/mol. The smallest absolute Gasteiger partial charge is 0.153 e. The van der Waals surface area contributed by atoms with Crippen molar-refractivity contribution in [1.82, 2.24) is 9.55 Å². The van der Waals surface area contributed by atoms with Crippen molar-refractivity contribution < 1.29 is 8.78 Å². The van der Waals surface area contributed by atoms with Crippen LogP contribution >= 0.6 is 11.6 Å². The second-order valence-corrected chi connectivity index (χ2v) is 6.25. The lowest BCUT2D eigenvalue weighted by molar-refractivity contribution is 0.343. The Bertz CT molecular complexity index is 599. The molecule has 5 heteroatoms. The molecular weight excluding hydrogens is 270 g/mol. The molecule has 0 radical (unpaired) electrons. The summed E-state index contributed by atoms with van der Waals surface area (Å²) in [5.41, 5.74) is 0.690. The summed E-state index contributed by atoms with van der Waals surface area (Å²) in [4.78, 5) is 4.26. The topological polar surface area (TPSA) is 17.8 Å². The molecule has 2 nitrogen and oxygen atoms in total. The van der Waals surface area contributed by atoms with Crippen LogP contribution in [0.4, 0.5) is 8.78 Å². The van der Waals surface area contributed by atoms with Gasteiger partial charge in [-0.1, -0.05) is 20.8 Å². The quantitative estimate of drug-likeness (QED) is 0.775. The zero-order valence-corrected chi connectivity index (χ0v) is 12.1. The van der Waals surface area contributed by atoms with Gasteiger partial charge >= 0.3 is 0 Å². The number of halogens is 3. The molecule has 0 unspecified atom stereocenters. The van der Waals surface area contributed by atoms with E-state index in [0.717, 1.165) is 6.07 Å². The fourth-order valence-electron chi connectivity index (χ4n) is 2.12. The molecule has 1 aromatic heterocycles. The highest BCUT2D eigenvalue weighted by Gasteiger charge is 2.19. The molecule has 2 rings (SSSR count). The molecule has 1 heterocycles. The predicted octanol–water partition coefficient (Wildman–Crippen LogP) is 4.14. The fraction of sp³-hybridized carbons (Fsp3) is 0.500. The lowest BCUT2D eigenvalue weighted by atomic mass is 9.96. The second kappa shape index (κ2) is 5.08. The minimum atomic E-state index is -0.626. The maximum absolute atomic E-state index is 13.8. The highest BCUT2D eigenvalue weighted by molar-refractivity contribution is 6.17. The first-order chi connectivity index (χ1) is 8.81. The number of imidazole rings is 1. The zero-order chi connectivity index (χ0) is 14.2. The number of alkyl halides is 1. The predicted molar refractivity (Wildman–Crippen MR) is 73.5 cm³/mol. The average Bonchev–Trinajstić information content (AvgIpc) is 2.57. The summed E-state index contributed by atoms with van der Waals surface area (Å²) >= 11 is 5.76. The van der Waals surface area contributed by atoms with Gasteiger partial charge in [0, 0.05) is 24.9 Å². The molecule has 1 aromatic carbocycles. The van der Waals surface area contributed by atoms with Crippen molar-refractivity contribution in [2.75, 3.05) is 5.88 Å². The highest BCUT2D eigenvalue weighted by Crippen LogP contribution is 2.26. The summed E-state index contributed by atoms with van der Waals surface area (Å²) in [5.74, 6) is -0.113. The van der Waals surface area contributed by atoms with Gasteiger partial charge in [0.2, 0.25) is 0 Å². The Morgan fingerprint density at radius 3 is 2.53 bits per heavy atom. The first kappa shape index (κ1) is 14.3. The van der Waals surface area contributed by atoms with Crippen LogP contribution in [-0.4, -0.2) is 15.4 Å². The number of fused-ring (bicyclic) bond motifs is 1. The molecule has 0 saturated carbocycles. The Labute approximate surface area is 116 Å². The zero-order valence-electron chi connectivity index (χ0n) is 11.3. The summed E-state index contributed by atoms with van der Waals surface area (Å²) in [5, 5.41) is 0. The normalized spacial score (nSPS) is 12.3. The van der Waals surface area contributed by atoms with Crippen molar-refractivity contribution in [2.45, 2.75) is 33.7 Å². The summed E-state index contributed by atoms with van der Waals surface area (Å²) < 4.78 is 29.0. The number of aromatic nitrogens is 2. The lowest BCUT2D eigenvalue weighted by Gasteiger charge is -2.21. The highest BCUT2D eigenvalue weighted by atomic mass is 35.5. The van der Waals surface area contributed by atoms with E-state index in [9.17, 15) is 8.78 Å². The molecular formula is C14H17ClF2N2. The molecule has 0 amide bonds. The van der Waals surface area contributed by atoms with Crippen molar-refractivity contribution >= 4 is 22.6 Å². The maximum atomic E-state index is 13.8. The van der Waals surface area contributed by atoms with E-state index in [1.807, 2.05) is 4.57 Å². The van der Waals surface area contributed by atoms with Gasteiger partial charge in [0.1, 0.15) is 17.2 Å². The first-order valence-corrected chi connectivity index (χ1v) is 6.75. The SMILES string of the molecule is CC(C)(C)Cn1c(CCCl)nc2c(F)cc(F)cc21. The van der Waals surface area contributed by atoms with Crippen LogP contribution in [0.15, 0.2) is 12.1 Å². The molecule has 0 bridgehead atoms. The molecule has 104 valence electrons. The molecule has 0 saturated heterocycles. The molecule has 0 spiro atoms. The van der Waals surface area contributed by atoms with Crippen molar-refractivity contribution in [3.05, 3.63) is 29.6 Å². The summed E-state index contributed by atoms with van der Waals surface area (Å²) in [6, 6.07) is 2.19. The molecule has 0 aliphatic rings. The third-order valence-corrected chi connectivity index (χ3v) is 2.99. The summed E-state index contributed by atoms with van der Waals surface area (Å²) in [7, 11) is 0. The Hall–Kier alpha value is -1.16. The second-order valence-electron chi connectivity index (χ2n) is 5.87. The van der Waals surface area contributed by atoms with Crippen LogP contribution < -0.4 is 0 Å². The van der Waals surface area contributed by atoms with E-state index in [1.165, 1.54) is 6.07 Å². The van der Waals surface area contributed by atoms with E-state index in [2.05, 4.69) is 25.8 Å².